The number of hydrogen-bond acceptors (Lipinski definition) is 6. The molecule has 4 rings (SSSR count). The van der Waals surface area contributed by atoms with Gasteiger partial charge in [0.2, 0.25) is 5.91 Å². The summed E-state index contributed by atoms with van der Waals surface area (Å²) >= 11 is 0. The molecule has 144 valence electrons. The summed E-state index contributed by atoms with van der Waals surface area (Å²) in [5.74, 6) is -0.458. The third-order valence-electron chi connectivity index (χ3n) is 5.32. The van der Waals surface area contributed by atoms with E-state index in [1.165, 1.54) is 10.7 Å². The number of imidazole rings is 1. The number of carbonyl (C=O) groups is 2. The Labute approximate surface area is 156 Å². The first-order valence-corrected chi connectivity index (χ1v) is 9.27. The molecule has 1 saturated carbocycles. The normalized spacial score (nSPS) is 26.1. The molecule has 2 N–H and O–H groups in total. The van der Waals surface area contributed by atoms with E-state index < -0.39 is 6.10 Å². The number of fused-ring (bicyclic) bond motifs is 1. The Kier molecular flexibility index (Phi) is 5.04. The van der Waals surface area contributed by atoms with E-state index in [-0.39, 0.29) is 23.8 Å². The first-order chi connectivity index (χ1) is 13.1. The zero-order chi connectivity index (χ0) is 18.8. The van der Waals surface area contributed by atoms with Crippen LogP contribution in [0, 0.1) is 5.92 Å². The van der Waals surface area contributed by atoms with Crippen LogP contribution in [0.4, 0.5) is 0 Å². The minimum atomic E-state index is -0.759. The fourth-order valence-corrected chi connectivity index (χ4v) is 3.81. The molecule has 1 aliphatic carbocycles. The maximum absolute atomic E-state index is 12.6. The van der Waals surface area contributed by atoms with E-state index in [4.69, 9.17) is 4.74 Å². The van der Waals surface area contributed by atoms with E-state index >= 15 is 0 Å². The summed E-state index contributed by atoms with van der Waals surface area (Å²) in [6.07, 6.45) is 3.85. The standard InChI is InChI=1S/C18H23N5O4/c24-15-10-12(18(26)22-6-8-27-9-7-22)3-4-13(15)21-17(25)14-11-19-16-2-1-5-20-23(14)16/h1-2,5,11-13,15,24H,3-4,6-10H2,(H,21,25)/t12-,13-,15-/m0/s1. The molecule has 0 radical (unpaired) electrons. The number of hydrogen-bond donors (Lipinski definition) is 2. The van der Waals surface area contributed by atoms with E-state index in [2.05, 4.69) is 15.4 Å². The SMILES string of the molecule is O=C(N[C@H]1CC[C@H](C(=O)N2CCOCC2)C[C@@H]1O)c1cnc2cccnn12. The van der Waals surface area contributed by atoms with Crippen molar-refractivity contribution in [3.8, 4) is 0 Å². The fraction of sp³-hybridized carbons (Fsp3) is 0.556. The molecule has 1 aliphatic heterocycles. The first-order valence-electron chi connectivity index (χ1n) is 9.27. The second-order valence-electron chi connectivity index (χ2n) is 7.03. The second-order valence-corrected chi connectivity index (χ2v) is 7.03. The molecule has 0 unspecified atom stereocenters. The highest BCUT2D eigenvalue weighted by Gasteiger charge is 2.36. The van der Waals surface area contributed by atoms with Gasteiger partial charge >= 0.3 is 0 Å². The largest absolute Gasteiger partial charge is 0.391 e. The summed E-state index contributed by atoms with van der Waals surface area (Å²) in [5, 5.41) is 17.5. The van der Waals surface area contributed by atoms with Gasteiger partial charge in [0.25, 0.3) is 5.91 Å². The zero-order valence-corrected chi connectivity index (χ0v) is 15.0. The molecule has 0 bridgehead atoms. The predicted octanol–water partition coefficient (Wildman–Crippen LogP) is -0.152. The number of nitrogens with one attached hydrogen (secondary N) is 1. The van der Waals surface area contributed by atoms with E-state index in [1.54, 1.807) is 18.3 Å². The molecule has 1 saturated heterocycles. The minimum Gasteiger partial charge on any atom is -0.391 e. The Hall–Kier alpha value is -2.52. The molecule has 0 spiro atoms. The second kappa shape index (κ2) is 7.61. The highest BCUT2D eigenvalue weighted by Crippen LogP contribution is 2.27. The van der Waals surface area contributed by atoms with Gasteiger partial charge < -0.3 is 20.1 Å². The van der Waals surface area contributed by atoms with Crippen molar-refractivity contribution in [2.45, 2.75) is 31.4 Å². The van der Waals surface area contributed by atoms with Gasteiger partial charge in [-0.2, -0.15) is 5.10 Å². The van der Waals surface area contributed by atoms with Crippen molar-refractivity contribution in [1.82, 2.24) is 24.8 Å². The molecule has 9 nitrogen and oxygen atoms in total. The molecule has 27 heavy (non-hydrogen) atoms. The third kappa shape index (κ3) is 3.65. The summed E-state index contributed by atoms with van der Waals surface area (Å²) in [7, 11) is 0. The van der Waals surface area contributed by atoms with Crippen LogP contribution in [-0.4, -0.2) is 74.9 Å². The average molecular weight is 373 g/mol. The number of aliphatic hydroxyl groups is 1. The Morgan fingerprint density at radius 1 is 1.26 bits per heavy atom. The zero-order valence-electron chi connectivity index (χ0n) is 15.0. The van der Waals surface area contributed by atoms with Gasteiger partial charge in [0.05, 0.1) is 31.6 Å². The molecular weight excluding hydrogens is 350 g/mol. The lowest BCUT2D eigenvalue weighted by Crippen LogP contribution is -2.51. The maximum atomic E-state index is 12.6. The number of carbonyl (C=O) groups excluding carboxylic acids is 2. The number of rotatable bonds is 3. The van der Waals surface area contributed by atoms with Crippen LogP contribution in [0.1, 0.15) is 29.8 Å². The van der Waals surface area contributed by atoms with Crippen LogP contribution in [0.15, 0.2) is 24.5 Å². The maximum Gasteiger partial charge on any atom is 0.271 e. The van der Waals surface area contributed by atoms with Crippen molar-refractivity contribution in [2.75, 3.05) is 26.3 Å². The number of aliphatic hydroxyl groups excluding tert-OH is 1. The van der Waals surface area contributed by atoms with Crippen molar-refractivity contribution < 1.29 is 19.4 Å². The number of ether oxygens (including phenoxy) is 1. The number of nitrogens with zero attached hydrogens (tertiary/aromatic N) is 4. The highest BCUT2D eigenvalue weighted by molar-refractivity contribution is 5.93. The third-order valence-corrected chi connectivity index (χ3v) is 5.32. The Balaban J connectivity index is 1.37. The number of aromatic nitrogens is 3. The van der Waals surface area contributed by atoms with Gasteiger partial charge in [0.1, 0.15) is 5.69 Å². The Morgan fingerprint density at radius 2 is 2.07 bits per heavy atom. The van der Waals surface area contributed by atoms with Gasteiger partial charge in [-0.05, 0) is 31.4 Å². The smallest absolute Gasteiger partial charge is 0.271 e. The van der Waals surface area contributed by atoms with Gasteiger partial charge in [0.15, 0.2) is 5.65 Å². The van der Waals surface area contributed by atoms with Crippen LogP contribution in [-0.2, 0) is 9.53 Å². The summed E-state index contributed by atoms with van der Waals surface area (Å²) in [5.41, 5.74) is 0.910. The lowest BCUT2D eigenvalue weighted by atomic mass is 9.83. The van der Waals surface area contributed by atoms with Crippen molar-refractivity contribution >= 4 is 17.5 Å². The van der Waals surface area contributed by atoms with Gasteiger partial charge in [-0.1, -0.05) is 0 Å². The van der Waals surface area contributed by atoms with Crippen molar-refractivity contribution in [3.63, 3.8) is 0 Å². The minimum absolute atomic E-state index is 0.0770. The van der Waals surface area contributed by atoms with Crippen LogP contribution < -0.4 is 5.32 Å². The molecule has 3 heterocycles. The molecular formula is C18H23N5O4. The Bertz CT molecular complexity index is 832. The lowest BCUT2D eigenvalue weighted by Gasteiger charge is -2.36. The van der Waals surface area contributed by atoms with Gasteiger partial charge in [-0.25, -0.2) is 9.50 Å². The predicted molar refractivity (Wildman–Crippen MR) is 95.0 cm³/mol. The van der Waals surface area contributed by atoms with Crippen molar-refractivity contribution in [2.24, 2.45) is 5.92 Å². The van der Waals surface area contributed by atoms with Crippen LogP contribution in [0.25, 0.3) is 5.65 Å². The summed E-state index contributed by atoms with van der Waals surface area (Å²) < 4.78 is 6.75. The molecule has 2 aromatic rings. The summed E-state index contributed by atoms with van der Waals surface area (Å²) in [4.78, 5) is 31.2. The van der Waals surface area contributed by atoms with Gasteiger partial charge in [-0.15, -0.1) is 0 Å². The first kappa shape index (κ1) is 17.9. The molecule has 2 fully saturated rings. The van der Waals surface area contributed by atoms with E-state index in [0.29, 0.717) is 56.9 Å². The fourth-order valence-electron chi connectivity index (χ4n) is 3.81. The molecule has 0 aromatic carbocycles. The van der Waals surface area contributed by atoms with Crippen LogP contribution in [0.3, 0.4) is 0 Å². The number of morpholine rings is 1. The van der Waals surface area contributed by atoms with Crippen LogP contribution >= 0.6 is 0 Å². The molecule has 3 atom stereocenters. The molecule has 2 amide bonds. The van der Waals surface area contributed by atoms with E-state index in [9.17, 15) is 14.7 Å². The van der Waals surface area contributed by atoms with Gasteiger partial charge in [-0.3, -0.25) is 9.59 Å². The summed E-state index contributed by atoms with van der Waals surface area (Å²) in [6.45, 7) is 2.33. The van der Waals surface area contributed by atoms with E-state index in [0.717, 1.165) is 0 Å². The van der Waals surface area contributed by atoms with Crippen molar-refractivity contribution in [1.29, 1.82) is 0 Å². The highest BCUT2D eigenvalue weighted by atomic mass is 16.5. The lowest BCUT2D eigenvalue weighted by molar-refractivity contribution is -0.142. The number of amides is 2. The molecule has 2 aliphatic rings. The molecule has 9 heteroatoms. The van der Waals surface area contributed by atoms with Crippen molar-refractivity contribution in [3.05, 3.63) is 30.2 Å². The Morgan fingerprint density at radius 3 is 2.85 bits per heavy atom. The average Bonchev–Trinajstić information content (AvgIpc) is 3.14. The van der Waals surface area contributed by atoms with Crippen LogP contribution in [0.5, 0.6) is 0 Å². The quantitative estimate of drug-likeness (QED) is 0.774. The molecule has 2 aromatic heterocycles. The monoisotopic (exact) mass is 373 g/mol. The van der Waals surface area contributed by atoms with Crippen LogP contribution in [0.2, 0.25) is 0 Å². The summed E-state index contributed by atoms with van der Waals surface area (Å²) in [6, 6.07) is 3.13. The van der Waals surface area contributed by atoms with Gasteiger partial charge in [0, 0.05) is 25.2 Å². The van der Waals surface area contributed by atoms with E-state index in [1.807, 2.05) is 4.90 Å². The topological polar surface area (TPSA) is 109 Å².